The van der Waals surface area contributed by atoms with Gasteiger partial charge in [0.2, 0.25) is 0 Å². The lowest BCUT2D eigenvalue weighted by molar-refractivity contribution is 0.227. The quantitative estimate of drug-likeness (QED) is 0.811. The molecule has 0 aliphatic carbocycles. The van der Waals surface area contributed by atoms with Crippen LogP contribution in [0.25, 0.3) is 0 Å². The molecule has 1 aromatic rings. The van der Waals surface area contributed by atoms with Crippen LogP contribution in [0.1, 0.15) is 25.5 Å². The van der Waals surface area contributed by atoms with Crippen LogP contribution in [0.4, 0.5) is 0 Å². The van der Waals surface area contributed by atoms with Crippen molar-refractivity contribution in [3.8, 4) is 0 Å². The van der Waals surface area contributed by atoms with Crippen LogP contribution in [0.5, 0.6) is 0 Å². The number of aromatic nitrogens is 2. The first-order valence-corrected chi connectivity index (χ1v) is 4.82. The first kappa shape index (κ1) is 10.5. The molecule has 13 heavy (non-hydrogen) atoms. The minimum absolute atomic E-state index is 0.576. The summed E-state index contributed by atoms with van der Waals surface area (Å²) in [6.45, 7) is 3.90. The summed E-state index contributed by atoms with van der Waals surface area (Å²) in [5.74, 6) is 0. The molecule has 0 radical (unpaired) electrons. The lowest BCUT2D eigenvalue weighted by Crippen LogP contribution is -1.95. The second-order valence-corrected chi connectivity index (χ2v) is 3.95. The molecule has 72 valence electrons. The largest absolute Gasteiger partial charge is 0.384 e. The average molecular weight is 245 g/mol. The number of nitrogens with zero attached hydrogens (tertiary/aromatic N) is 2. The van der Waals surface area contributed by atoms with Gasteiger partial charge in [0.1, 0.15) is 10.7 Å². The molecule has 0 saturated carbocycles. The summed E-state index contributed by atoms with van der Waals surface area (Å²) in [6.07, 6.45) is 2.88. The lowest BCUT2D eigenvalue weighted by Gasteiger charge is -2.04. The first-order valence-electron chi connectivity index (χ1n) is 4.03. The van der Waals surface area contributed by atoms with Crippen LogP contribution in [-0.2, 0) is 7.05 Å². The Morgan fingerprint density at radius 1 is 1.69 bits per heavy atom. The SMILES string of the molecule is CC(C)=CC(O)c1cnn(C)c1Br. The van der Waals surface area contributed by atoms with Gasteiger partial charge in [0, 0.05) is 12.6 Å². The van der Waals surface area contributed by atoms with E-state index in [0.29, 0.717) is 0 Å². The van der Waals surface area contributed by atoms with Crippen LogP contribution < -0.4 is 0 Å². The maximum absolute atomic E-state index is 9.73. The summed E-state index contributed by atoms with van der Waals surface area (Å²) < 4.78 is 2.50. The molecule has 0 fully saturated rings. The van der Waals surface area contributed by atoms with E-state index in [1.165, 1.54) is 0 Å². The maximum Gasteiger partial charge on any atom is 0.109 e. The Hall–Kier alpha value is -0.610. The number of hydrogen-bond donors (Lipinski definition) is 1. The molecule has 0 aliphatic heterocycles. The molecule has 0 bridgehead atoms. The maximum atomic E-state index is 9.73. The number of aliphatic hydroxyl groups excluding tert-OH is 1. The summed E-state index contributed by atoms with van der Waals surface area (Å²) in [5, 5.41) is 13.8. The molecular formula is C9H13BrN2O. The van der Waals surface area contributed by atoms with Gasteiger partial charge in [0.15, 0.2) is 0 Å². The zero-order valence-electron chi connectivity index (χ0n) is 7.95. The molecule has 1 atom stereocenters. The van der Waals surface area contributed by atoms with E-state index in [2.05, 4.69) is 21.0 Å². The van der Waals surface area contributed by atoms with Crippen molar-refractivity contribution in [1.82, 2.24) is 9.78 Å². The molecule has 1 heterocycles. The molecule has 1 rings (SSSR count). The van der Waals surface area contributed by atoms with Crippen LogP contribution in [0, 0.1) is 0 Å². The molecule has 4 heteroatoms. The van der Waals surface area contributed by atoms with E-state index in [1.807, 2.05) is 20.9 Å². The first-order chi connectivity index (χ1) is 6.02. The van der Waals surface area contributed by atoms with E-state index in [9.17, 15) is 5.11 Å². The van der Waals surface area contributed by atoms with Gasteiger partial charge in [-0.1, -0.05) is 11.6 Å². The average Bonchev–Trinajstić information content (AvgIpc) is 2.31. The smallest absolute Gasteiger partial charge is 0.109 e. The number of allylic oxidation sites excluding steroid dienone is 1. The Labute approximate surface area is 86.2 Å². The van der Waals surface area contributed by atoms with Crippen molar-refractivity contribution >= 4 is 15.9 Å². The minimum Gasteiger partial charge on any atom is -0.384 e. The molecule has 3 nitrogen and oxygen atoms in total. The molecule has 0 aliphatic rings. The van der Waals surface area contributed by atoms with Crippen molar-refractivity contribution in [2.75, 3.05) is 0 Å². The fourth-order valence-electron chi connectivity index (χ4n) is 1.04. The Morgan fingerprint density at radius 3 is 2.69 bits per heavy atom. The third-order valence-corrected chi connectivity index (χ3v) is 2.67. The van der Waals surface area contributed by atoms with Gasteiger partial charge in [-0.15, -0.1) is 0 Å². The molecule has 0 amide bonds. The van der Waals surface area contributed by atoms with E-state index in [4.69, 9.17) is 0 Å². The zero-order chi connectivity index (χ0) is 10.0. The monoisotopic (exact) mass is 244 g/mol. The van der Waals surface area contributed by atoms with E-state index >= 15 is 0 Å². The van der Waals surface area contributed by atoms with Gasteiger partial charge in [-0.05, 0) is 29.8 Å². The highest BCUT2D eigenvalue weighted by atomic mass is 79.9. The third kappa shape index (κ3) is 2.42. The number of aliphatic hydroxyl groups is 1. The Balaban J connectivity index is 2.95. The van der Waals surface area contributed by atoms with Crippen molar-refractivity contribution in [3.63, 3.8) is 0 Å². The van der Waals surface area contributed by atoms with Gasteiger partial charge >= 0.3 is 0 Å². The normalized spacial score (nSPS) is 12.7. The minimum atomic E-state index is -0.576. The predicted molar refractivity (Wildman–Crippen MR) is 55.3 cm³/mol. The molecule has 1 unspecified atom stereocenters. The fourth-order valence-corrected chi connectivity index (χ4v) is 1.47. The molecule has 0 aromatic carbocycles. The van der Waals surface area contributed by atoms with E-state index < -0.39 is 6.10 Å². The van der Waals surface area contributed by atoms with Gasteiger partial charge in [0.05, 0.1) is 6.20 Å². The zero-order valence-corrected chi connectivity index (χ0v) is 9.54. The Morgan fingerprint density at radius 2 is 2.31 bits per heavy atom. The van der Waals surface area contributed by atoms with Crippen LogP contribution in [0.15, 0.2) is 22.4 Å². The van der Waals surface area contributed by atoms with Crippen LogP contribution in [0.3, 0.4) is 0 Å². The number of halogens is 1. The van der Waals surface area contributed by atoms with Crippen molar-refractivity contribution < 1.29 is 5.11 Å². The fraction of sp³-hybridized carbons (Fsp3) is 0.444. The topological polar surface area (TPSA) is 38.1 Å². The van der Waals surface area contributed by atoms with Gasteiger partial charge in [0.25, 0.3) is 0 Å². The van der Waals surface area contributed by atoms with Crippen LogP contribution in [-0.4, -0.2) is 14.9 Å². The standard InChI is InChI=1S/C9H13BrN2O/c1-6(2)4-8(13)7-5-11-12(3)9(7)10/h4-5,8,13H,1-3H3. The number of hydrogen-bond acceptors (Lipinski definition) is 2. The molecule has 1 aromatic heterocycles. The molecule has 0 saturated heterocycles. The second kappa shape index (κ2) is 4.07. The summed E-state index contributed by atoms with van der Waals surface area (Å²) in [4.78, 5) is 0. The molecule has 0 spiro atoms. The van der Waals surface area contributed by atoms with Gasteiger partial charge in [-0.2, -0.15) is 5.10 Å². The second-order valence-electron chi connectivity index (χ2n) is 3.20. The highest BCUT2D eigenvalue weighted by Crippen LogP contribution is 2.23. The van der Waals surface area contributed by atoms with E-state index in [-0.39, 0.29) is 0 Å². The number of aryl methyl sites for hydroxylation is 1. The Bertz CT molecular complexity index is 326. The van der Waals surface area contributed by atoms with Crippen LogP contribution in [0.2, 0.25) is 0 Å². The highest BCUT2D eigenvalue weighted by molar-refractivity contribution is 9.10. The summed E-state index contributed by atoms with van der Waals surface area (Å²) in [7, 11) is 1.82. The van der Waals surface area contributed by atoms with Crippen molar-refractivity contribution in [3.05, 3.63) is 28.0 Å². The van der Waals surface area contributed by atoms with Crippen molar-refractivity contribution in [1.29, 1.82) is 0 Å². The van der Waals surface area contributed by atoms with Crippen molar-refractivity contribution in [2.24, 2.45) is 7.05 Å². The van der Waals surface area contributed by atoms with Gasteiger partial charge < -0.3 is 5.11 Å². The summed E-state index contributed by atoms with van der Waals surface area (Å²) in [6, 6.07) is 0. The van der Waals surface area contributed by atoms with Gasteiger partial charge in [-0.25, -0.2) is 0 Å². The van der Waals surface area contributed by atoms with E-state index in [0.717, 1.165) is 15.7 Å². The van der Waals surface area contributed by atoms with Crippen LogP contribution >= 0.6 is 15.9 Å². The van der Waals surface area contributed by atoms with E-state index in [1.54, 1.807) is 17.0 Å². The summed E-state index contributed by atoms with van der Waals surface area (Å²) in [5.41, 5.74) is 1.88. The number of rotatable bonds is 2. The van der Waals surface area contributed by atoms with Gasteiger partial charge in [-0.3, -0.25) is 4.68 Å². The molecular weight excluding hydrogens is 232 g/mol. The third-order valence-electron chi connectivity index (χ3n) is 1.70. The van der Waals surface area contributed by atoms with Crippen molar-refractivity contribution in [2.45, 2.75) is 20.0 Å². The molecule has 1 N–H and O–H groups in total. The predicted octanol–water partition coefficient (Wildman–Crippen LogP) is 2.18. The Kier molecular flexibility index (Phi) is 3.27. The highest BCUT2D eigenvalue weighted by Gasteiger charge is 2.11. The lowest BCUT2D eigenvalue weighted by atomic mass is 10.1. The summed E-state index contributed by atoms with van der Waals surface area (Å²) >= 11 is 3.35.